The lowest BCUT2D eigenvalue weighted by molar-refractivity contribution is 0.660. The molecule has 0 aliphatic heterocycles. The molecule has 11 aromatic rings. The molecule has 1 aliphatic rings. The molecule has 2 heterocycles. The fraction of sp³-hybridized carbons (Fsp3) is 0.0556. The van der Waals surface area contributed by atoms with Gasteiger partial charge in [-0.05, 0) is 96.7 Å². The number of hydrogen-bond acceptors (Lipinski definition) is 4. The van der Waals surface area contributed by atoms with Gasteiger partial charge in [-0.3, -0.25) is 0 Å². The number of hydrogen-bond donors (Lipinski definition) is 0. The van der Waals surface area contributed by atoms with Crippen molar-refractivity contribution in [3.8, 4) is 56.4 Å². The first-order valence-electron chi connectivity index (χ1n) is 19.9. The van der Waals surface area contributed by atoms with Gasteiger partial charge in [-0.2, -0.15) is 0 Å². The monoisotopic (exact) mass is 741 g/mol. The maximum Gasteiger partial charge on any atom is 0.164 e. The lowest BCUT2D eigenvalue weighted by atomic mass is 9.82. The van der Waals surface area contributed by atoms with Crippen LogP contribution >= 0.6 is 0 Å². The summed E-state index contributed by atoms with van der Waals surface area (Å²) < 4.78 is 6.39. The number of benzene rings is 9. The lowest BCUT2D eigenvalue weighted by Gasteiger charge is -2.21. The molecule has 0 amide bonds. The summed E-state index contributed by atoms with van der Waals surface area (Å²) in [4.78, 5) is 15.8. The molecule has 0 spiro atoms. The number of nitrogens with zero attached hydrogens (tertiary/aromatic N) is 3. The Morgan fingerprint density at radius 2 is 0.914 bits per heavy atom. The Balaban J connectivity index is 1.10. The van der Waals surface area contributed by atoms with Crippen molar-refractivity contribution in [2.45, 2.75) is 19.3 Å². The highest BCUT2D eigenvalue weighted by molar-refractivity contribution is 6.34. The van der Waals surface area contributed by atoms with E-state index >= 15 is 0 Å². The number of fused-ring (bicyclic) bond motifs is 13. The van der Waals surface area contributed by atoms with E-state index in [0.717, 1.165) is 55.1 Å². The average molecular weight is 742 g/mol. The summed E-state index contributed by atoms with van der Waals surface area (Å²) in [6.45, 7) is 4.62. The van der Waals surface area contributed by atoms with Crippen LogP contribution in [0, 0.1) is 0 Å². The molecule has 4 heteroatoms. The summed E-state index contributed by atoms with van der Waals surface area (Å²) in [6.07, 6.45) is 0. The average Bonchev–Trinajstić information content (AvgIpc) is 3.78. The van der Waals surface area contributed by atoms with Gasteiger partial charge in [0.1, 0.15) is 11.2 Å². The summed E-state index contributed by atoms with van der Waals surface area (Å²) in [6, 6.07) is 62.4. The van der Waals surface area contributed by atoms with Crippen LogP contribution in [0.1, 0.15) is 25.0 Å². The van der Waals surface area contributed by atoms with Gasteiger partial charge in [0.15, 0.2) is 17.5 Å². The van der Waals surface area contributed by atoms with Gasteiger partial charge >= 0.3 is 0 Å². The van der Waals surface area contributed by atoms with Crippen LogP contribution < -0.4 is 0 Å². The van der Waals surface area contributed by atoms with Gasteiger partial charge in [-0.15, -0.1) is 0 Å². The van der Waals surface area contributed by atoms with Crippen molar-refractivity contribution in [2.75, 3.05) is 0 Å². The standard InChI is InChI=1S/C54H35N3O/c1-54(2)45-21-10-8-19-39(45)40-25-23-36(31-46(40)54)53-56-51(34-16-12-15-33(29-34)32-13-4-3-5-14-32)55-52(57-53)35-24-26-42-44(30-35)38-18-7-6-17-37(38)41-27-28-48-50(49(41)42)43-20-9-11-22-47(43)58-48/h3-31H,1-2H3. The number of para-hydroxylation sites is 1. The molecule has 2 aromatic heterocycles. The van der Waals surface area contributed by atoms with Crippen LogP contribution in [-0.2, 0) is 5.41 Å². The van der Waals surface area contributed by atoms with Gasteiger partial charge in [-0.1, -0.05) is 153 Å². The Kier molecular flexibility index (Phi) is 6.94. The molecule has 0 atom stereocenters. The van der Waals surface area contributed by atoms with E-state index in [1.54, 1.807) is 0 Å². The summed E-state index contributed by atoms with van der Waals surface area (Å²) in [7, 11) is 0. The van der Waals surface area contributed by atoms with Crippen LogP contribution in [0.25, 0.3) is 111 Å². The van der Waals surface area contributed by atoms with Crippen molar-refractivity contribution in [3.63, 3.8) is 0 Å². The van der Waals surface area contributed by atoms with E-state index in [4.69, 9.17) is 19.4 Å². The summed E-state index contributed by atoms with van der Waals surface area (Å²) in [5, 5.41) is 9.36. The molecule has 1 aliphatic carbocycles. The SMILES string of the molecule is CC1(C)c2ccccc2-c2ccc(-c3nc(-c4cccc(-c5ccccc5)c4)nc(-c4ccc5c(c4)c4ccccc4c4ccc6oc7ccccc7c6c45)n3)cc21. The topological polar surface area (TPSA) is 51.8 Å². The largest absolute Gasteiger partial charge is 0.456 e. The molecule has 12 rings (SSSR count). The molecule has 0 radical (unpaired) electrons. The molecule has 4 nitrogen and oxygen atoms in total. The van der Waals surface area contributed by atoms with E-state index in [-0.39, 0.29) is 5.41 Å². The van der Waals surface area contributed by atoms with E-state index < -0.39 is 0 Å². The first-order valence-corrected chi connectivity index (χ1v) is 19.9. The second-order valence-corrected chi connectivity index (χ2v) is 15.9. The summed E-state index contributed by atoms with van der Waals surface area (Å²) >= 11 is 0. The number of furan rings is 1. The van der Waals surface area contributed by atoms with Gasteiger partial charge in [-0.25, -0.2) is 15.0 Å². The first-order chi connectivity index (χ1) is 28.5. The van der Waals surface area contributed by atoms with Crippen LogP contribution in [0.3, 0.4) is 0 Å². The maximum atomic E-state index is 6.39. The summed E-state index contributed by atoms with van der Waals surface area (Å²) in [5.41, 5.74) is 11.9. The van der Waals surface area contributed by atoms with Gasteiger partial charge in [0.2, 0.25) is 0 Å². The zero-order valence-corrected chi connectivity index (χ0v) is 32.0. The fourth-order valence-electron chi connectivity index (χ4n) is 9.47. The third-order valence-corrected chi connectivity index (χ3v) is 12.3. The zero-order chi connectivity index (χ0) is 38.5. The van der Waals surface area contributed by atoms with E-state index in [1.807, 2.05) is 12.1 Å². The predicted octanol–water partition coefficient (Wildman–Crippen LogP) is 14.2. The minimum Gasteiger partial charge on any atom is -0.456 e. The van der Waals surface area contributed by atoms with Gasteiger partial charge in [0.25, 0.3) is 0 Å². The molecule has 9 aromatic carbocycles. The fourth-order valence-corrected chi connectivity index (χ4v) is 9.47. The van der Waals surface area contributed by atoms with Gasteiger partial charge < -0.3 is 4.42 Å². The van der Waals surface area contributed by atoms with Crippen molar-refractivity contribution in [2.24, 2.45) is 0 Å². The third-order valence-electron chi connectivity index (χ3n) is 12.3. The van der Waals surface area contributed by atoms with Gasteiger partial charge in [0.05, 0.1) is 0 Å². The second-order valence-electron chi connectivity index (χ2n) is 15.9. The van der Waals surface area contributed by atoms with E-state index in [0.29, 0.717) is 17.5 Å². The second kappa shape index (κ2) is 12.3. The molecule has 0 bridgehead atoms. The number of rotatable bonds is 4. The highest BCUT2D eigenvalue weighted by Crippen LogP contribution is 2.49. The molecule has 0 saturated heterocycles. The quantitative estimate of drug-likeness (QED) is 0.169. The van der Waals surface area contributed by atoms with Crippen molar-refractivity contribution in [1.29, 1.82) is 0 Å². The van der Waals surface area contributed by atoms with Crippen molar-refractivity contribution in [3.05, 3.63) is 187 Å². The van der Waals surface area contributed by atoms with Crippen LogP contribution in [-0.4, -0.2) is 15.0 Å². The number of aromatic nitrogens is 3. The van der Waals surface area contributed by atoms with E-state index in [2.05, 4.69) is 178 Å². The maximum absolute atomic E-state index is 6.39. The first kappa shape index (κ1) is 32.8. The molecule has 272 valence electrons. The van der Waals surface area contributed by atoms with Crippen molar-refractivity contribution in [1.82, 2.24) is 15.0 Å². The lowest BCUT2D eigenvalue weighted by Crippen LogP contribution is -2.15. The third kappa shape index (κ3) is 4.85. The van der Waals surface area contributed by atoms with Crippen LogP contribution in [0.2, 0.25) is 0 Å². The zero-order valence-electron chi connectivity index (χ0n) is 32.0. The molecule has 0 saturated carbocycles. The van der Waals surface area contributed by atoms with Gasteiger partial charge in [0, 0.05) is 38.3 Å². The molecule has 58 heavy (non-hydrogen) atoms. The predicted molar refractivity (Wildman–Crippen MR) is 239 cm³/mol. The Labute approximate surface area is 335 Å². The van der Waals surface area contributed by atoms with Crippen molar-refractivity contribution < 1.29 is 4.42 Å². The molecule has 0 fully saturated rings. The highest BCUT2D eigenvalue weighted by atomic mass is 16.3. The molecule has 0 N–H and O–H groups in total. The van der Waals surface area contributed by atoms with Crippen LogP contribution in [0.5, 0.6) is 0 Å². The van der Waals surface area contributed by atoms with E-state index in [1.165, 1.54) is 49.2 Å². The smallest absolute Gasteiger partial charge is 0.164 e. The minimum atomic E-state index is -0.154. The Hall–Kier alpha value is -7.43. The Morgan fingerprint density at radius 3 is 1.72 bits per heavy atom. The van der Waals surface area contributed by atoms with Crippen LogP contribution in [0.4, 0.5) is 0 Å². The summed E-state index contributed by atoms with van der Waals surface area (Å²) in [5.74, 6) is 1.91. The Bertz CT molecular complexity index is 3490. The molecular weight excluding hydrogens is 707 g/mol. The van der Waals surface area contributed by atoms with E-state index in [9.17, 15) is 0 Å². The van der Waals surface area contributed by atoms with Crippen LogP contribution in [0.15, 0.2) is 180 Å². The normalized spacial score (nSPS) is 13.1. The highest BCUT2D eigenvalue weighted by Gasteiger charge is 2.35. The molecular formula is C54H35N3O. The Morgan fingerprint density at radius 1 is 0.345 bits per heavy atom. The van der Waals surface area contributed by atoms with Crippen molar-refractivity contribution >= 4 is 54.3 Å². The molecule has 0 unspecified atom stereocenters. The minimum absolute atomic E-state index is 0.154.